The molecule has 0 saturated heterocycles. The van der Waals surface area contributed by atoms with Crippen LogP contribution in [0.2, 0.25) is 0 Å². The summed E-state index contributed by atoms with van der Waals surface area (Å²) in [5, 5.41) is 10.9. The molecule has 7 nitrogen and oxygen atoms in total. The minimum Gasteiger partial charge on any atom is -0.469 e. The van der Waals surface area contributed by atoms with Crippen LogP contribution in [0.15, 0.2) is 47.7 Å². The van der Waals surface area contributed by atoms with Crippen molar-refractivity contribution in [1.82, 2.24) is 20.4 Å². The Kier molecular flexibility index (Phi) is 11.9. The van der Waals surface area contributed by atoms with E-state index in [1.165, 1.54) is 18.2 Å². The average molecular weight is 499 g/mol. The Hall–Kier alpha value is -2.10. The van der Waals surface area contributed by atoms with E-state index in [4.69, 9.17) is 0 Å². The van der Waals surface area contributed by atoms with E-state index in [1.807, 2.05) is 29.1 Å². The quantitative estimate of drug-likeness (QED) is 0.173. The molecule has 154 valence electrons. The second-order valence-corrected chi connectivity index (χ2v) is 6.21. The fraction of sp³-hybridized carbons (Fsp3) is 0.450. The Morgan fingerprint density at radius 3 is 2.61 bits per heavy atom. The molecule has 2 N–H and O–H groups in total. The van der Waals surface area contributed by atoms with Crippen molar-refractivity contribution in [2.75, 3.05) is 20.7 Å². The van der Waals surface area contributed by atoms with Crippen molar-refractivity contribution in [2.24, 2.45) is 4.99 Å². The number of carbonyl (C=O) groups is 1. The second-order valence-electron chi connectivity index (χ2n) is 6.21. The van der Waals surface area contributed by atoms with Crippen LogP contribution < -0.4 is 10.6 Å². The number of carbonyl (C=O) groups excluding carboxylic acids is 1. The van der Waals surface area contributed by atoms with Gasteiger partial charge in [-0.2, -0.15) is 5.10 Å². The van der Waals surface area contributed by atoms with Gasteiger partial charge in [-0.1, -0.05) is 30.7 Å². The first-order valence-corrected chi connectivity index (χ1v) is 9.28. The topological polar surface area (TPSA) is 80.5 Å². The number of rotatable bonds is 10. The Balaban J connectivity index is 0.00000392. The molecule has 0 spiro atoms. The zero-order valence-corrected chi connectivity index (χ0v) is 18.9. The SMILES string of the molecule is CN=C(NCCCCCC(=O)OC)NCc1ccccc1Cn1cccn1.I. The number of nitrogens with zero attached hydrogens (tertiary/aromatic N) is 3. The summed E-state index contributed by atoms with van der Waals surface area (Å²) in [6.45, 7) is 2.26. The van der Waals surface area contributed by atoms with Crippen LogP contribution in [0.5, 0.6) is 0 Å². The smallest absolute Gasteiger partial charge is 0.305 e. The number of halogens is 1. The summed E-state index contributed by atoms with van der Waals surface area (Å²) in [6, 6.07) is 10.3. The van der Waals surface area contributed by atoms with Crippen LogP contribution in [0.4, 0.5) is 0 Å². The number of hydrogen-bond donors (Lipinski definition) is 2. The molecule has 0 fully saturated rings. The number of aliphatic imine (C=N–C) groups is 1. The molecule has 0 aliphatic heterocycles. The summed E-state index contributed by atoms with van der Waals surface area (Å²) >= 11 is 0. The number of aromatic nitrogens is 2. The van der Waals surface area contributed by atoms with Crippen molar-refractivity contribution in [3.8, 4) is 0 Å². The fourth-order valence-corrected chi connectivity index (χ4v) is 2.73. The molecule has 0 atom stereocenters. The summed E-state index contributed by atoms with van der Waals surface area (Å²) in [7, 11) is 3.19. The van der Waals surface area contributed by atoms with Gasteiger partial charge >= 0.3 is 5.97 Å². The van der Waals surface area contributed by atoms with Gasteiger partial charge in [0.2, 0.25) is 0 Å². The number of benzene rings is 1. The molecule has 0 amide bonds. The molecule has 1 heterocycles. The maximum absolute atomic E-state index is 11.1. The van der Waals surface area contributed by atoms with Crippen LogP contribution >= 0.6 is 24.0 Å². The van der Waals surface area contributed by atoms with Crippen LogP contribution in [0.3, 0.4) is 0 Å². The van der Waals surface area contributed by atoms with E-state index < -0.39 is 0 Å². The molecule has 1 aromatic heterocycles. The number of unbranched alkanes of at least 4 members (excludes halogenated alkanes) is 2. The molecule has 0 aliphatic carbocycles. The first-order valence-electron chi connectivity index (χ1n) is 9.28. The summed E-state index contributed by atoms with van der Waals surface area (Å²) in [6.07, 6.45) is 7.04. The van der Waals surface area contributed by atoms with E-state index in [-0.39, 0.29) is 29.9 Å². The van der Waals surface area contributed by atoms with Crippen LogP contribution in [-0.4, -0.2) is 42.4 Å². The predicted octanol–water partition coefficient (Wildman–Crippen LogP) is 2.95. The van der Waals surface area contributed by atoms with Gasteiger partial charge in [-0.25, -0.2) is 0 Å². The van der Waals surface area contributed by atoms with Gasteiger partial charge in [0, 0.05) is 39.0 Å². The van der Waals surface area contributed by atoms with Crippen molar-refractivity contribution < 1.29 is 9.53 Å². The molecular weight excluding hydrogens is 469 g/mol. The van der Waals surface area contributed by atoms with Crippen LogP contribution in [0.1, 0.15) is 36.8 Å². The molecule has 0 bridgehead atoms. The van der Waals surface area contributed by atoms with E-state index in [9.17, 15) is 4.79 Å². The predicted molar refractivity (Wildman–Crippen MR) is 122 cm³/mol. The third-order valence-corrected chi connectivity index (χ3v) is 4.26. The summed E-state index contributed by atoms with van der Waals surface area (Å²) < 4.78 is 6.56. The fourth-order valence-electron chi connectivity index (χ4n) is 2.73. The minimum absolute atomic E-state index is 0. The first-order chi connectivity index (χ1) is 13.2. The van der Waals surface area contributed by atoms with E-state index in [2.05, 4.69) is 37.6 Å². The highest BCUT2D eigenvalue weighted by molar-refractivity contribution is 14.0. The number of ether oxygens (including phenoxy) is 1. The number of esters is 1. The Labute approximate surface area is 184 Å². The van der Waals surface area contributed by atoms with Gasteiger partial charge in [0.25, 0.3) is 0 Å². The lowest BCUT2D eigenvalue weighted by atomic mass is 10.1. The number of methoxy groups -OCH3 is 1. The van der Waals surface area contributed by atoms with Crippen molar-refractivity contribution in [3.05, 3.63) is 53.9 Å². The number of hydrogen-bond acceptors (Lipinski definition) is 4. The molecule has 2 aromatic rings. The standard InChI is InChI=1S/C20H29N5O2.HI/c1-21-20(22-12-7-3-4-11-19(26)27-2)23-15-17-9-5-6-10-18(17)16-25-14-8-13-24-25;/h5-6,8-10,13-14H,3-4,7,11-12,15-16H2,1-2H3,(H2,21,22,23);1H. The molecule has 0 aliphatic rings. The lowest BCUT2D eigenvalue weighted by Crippen LogP contribution is -2.37. The lowest BCUT2D eigenvalue weighted by Gasteiger charge is -2.14. The molecule has 0 radical (unpaired) electrons. The number of nitrogens with one attached hydrogen (secondary N) is 2. The van der Waals surface area contributed by atoms with Gasteiger partial charge in [0.05, 0.1) is 13.7 Å². The Bertz CT molecular complexity index is 719. The largest absolute Gasteiger partial charge is 0.469 e. The minimum atomic E-state index is -0.144. The third kappa shape index (κ3) is 8.73. The highest BCUT2D eigenvalue weighted by atomic mass is 127. The van der Waals surface area contributed by atoms with E-state index in [0.29, 0.717) is 13.0 Å². The molecule has 0 unspecified atom stereocenters. The van der Waals surface area contributed by atoms with Gasteiger partial charge < -0.3 is 15.4 Å². The van der Waals surface area contributed by atoms with Gasteiger partial charge in [0.15, 0.2) is 5.96 Å². The Morgan fingerprint density at radius 2 is 1.93 bits per heavy atom. The highest BCUT2D eigenvalue weighted by Crippen LogP contribution is 2.10. The summed E-state index contributed by atoms with van der Waals surface area (Å²) in [4.78, 5) is 15.3. The van der Waals surface area contributed by atoms with Crippen molar-refractivity contribution in [1.29, 1.82) is 0 Å². The average Bonchev–Trinajstić information content (AvgIpc) is 3.20. The molecule has 8 heteroatoms. The summed E-state index contributed by atoms with van der Waals surface area (Å²) in [5.74, 6) is 0.631. The molecule has 2 rings (SSSR count). The van der Waals surface area contributed by atoms with Crippen molar-refractivity contribution in [2.45, 2.75) is 38.8 Å². The van der Waals surface area contributed by atoms with Crippen molar-refractivity contribution >= 4 is 35.9 Å². The van der Waals surface area contributed by atoms with Gasteiger partial charge in [-0.3, -0.25) is 14.5 Å². The second kappa shape index (κ2) is 14.0. The maximum atomic E-state index is 11.1. The lowest BCUT2D eigenvalue weighted by molar-refractivity contribution is -0.140. The summed E-state index contributed by atoms with van der Waals surface area (Å²) in [5.41, 5.74) is 2.45. The zero-order chi connectivity index (χ0) is 19.3. The van der Waals surface area contributed by atoms with E-state index >= 15 is 0 Å². The zero-order valence-electron chi connectivity index (χ0n) is 16.6. The first kappa shape index (κ1) is 23.9. The van der Waals surface area contributed by atoms with Crippen LogP contribution in [0, 0.1) is 0 Å². The van der Waals surface area contributed by atoms with Gasteiger partial charge in [-0.15, -0.1) is 24.0 Å². The van der Waals surface area contributed by atoms with Crippen LogP contribution in [-0.2, 0) is 22.6 Å². The van der Waals surface area contributed by atoms with Gasteiger partial charge in [-0.05, 0) is 30.0 Å². The molecule has 1 aromatic carbocycles. The normalized spacial score (nSPS) is 10.9. The third-order valence-electron chi connectivity index (χ3n) is 4.26. The highest BCUT2D eigenvalue weighted by Gasteiger charge is 2.05. The Morgan fingerprint density at radius 1 is 1.14 bits per heavy atom. The van der Waals surface area contributed by atoms with Crippen LogP contribution in [0.25, 0.3) is 0 Å². The van der Waals surface area contributed by atoms with E-state index in [0.717, 1.165) is 38.3 Å². The monoisotopic (exact) mass is 499 g/mol. The number of guanidine groups is 1. The van der Waals surface area contributed by atoms with Gasteiger partial charge in [0.1, 0.15) is 0 Å². The molecule has 28 heavy (non-hydrogen) atoms. The molecular formula is C20H30IN5O2. The molecule has 0 saturated carbocycles. The maximum Gasteiger partial charge on any atom is 0.305 e. The van der Waals surface area contributed by atoms with E-state index in [1.54, 1.807) is 13.2 Å². The van der Waals surface area contributed by atoms with Crippen molar-refractivity contribution in [3.63, 3.8) is 0 Å².